The highest BCUT2D eigenvalue weighted by molar-refractivity contribution is 5.77. The van der Waals surface area contributed by atoms with Crippen LogP contribution in [0.5, 0.6) is 0 Å². The number of carbonyl (C=O) groups is 1. The SMILES string of the molecule is CN1CCC(c2ccc(Cc3ncc(C(F)(F)F)c(CCc4ccccc4CC(N)=O)n3)c(F)c2)CC1. The van der Waals surface area contributed by atoms with Crippen molar-refractivity contribution in [2.75, 3.05) is 20.1 Å². The number of halogens is 4. The summed E-state index contributed by atoms with van der Waals surface area (Å²) in [5, 5.41) is 0. The Labute approximate surface area is 213 Å². The third-order valence-corrected chi connectivity index (χ3v) is 6.95. The molecule has 2 aromatic carbocycles. The zero-order chi connectivity index (χ0) is 26.6. The van der Waals surface area contributed by atoms with Crippen molar-refractivity contribution in [1.82, 2.24) is 14.9 Å². The Morgan fingerprint density at radius 1 is 1.05 bits per heavy atom. The number of amides is 1. The van der Waals surface area contributed by atoms with Crippen LogP contribution in [0.2, 0.25) is 0 Å². The van der Waals surface area contributed by atoms with Crippen molar-refractivity contribution in [1.29, 1.82) is 0 Å². The first kappa shape index (κ1) is 26.7. The summed E-state index contributed by atoms with van der Waals surface area (Å²) in [6, 6.07) is 12.1. The van der Waals surface area contributed by atoms with Gasteiger partial charge in [0.25, 0.3) is 0 Å². The van der Waals surface area contributed by atoms with Crippen LogP contribution in [0, 0.1) is 5.82 Å². The van der Waals surface area contributed by atoms with Gasteiger partial charge in [0, 0.05) is 12.6 Å². The highest BCUT2D eigenvalue weighted by atomic mass is 19.4. The molecule has 5 nitrogen and oxygen atoms in total. The number of rotatable bonds is 8. The molecule has 1 amide bonds. The maximum absolute atomic E-state index is 15.0. The summed E-state index contributed by atoms with van der Waals surface area (Å²) in [5.74, 6) is -0.496. The van der Waals surface area contributed by atoms with E-state index in [1.165, 1.54) is 6.07 Å². The maximum Gasteiger partial charge on any atom is 0.419 e. The summed E-state index contributed by atoms with van der Waals surface area (Å²) < 4.78 is 56.0. The van der Waals surface area contributed by atoms with E-state index in [0.29, 0.717) is 17.0 Å². The molecule has 0 saturated carbocycles. The van der Waals surface area contributed by atoms with E-state index in [-0.39, 0.29) is 37.2 Å². The second-order valence-electron chi connectivity index (χ2n) is 9.66. The lowest BCUT2D eigenvalue weighted by atomic mass is 9.89. The van der Waals surface area contributed by atoms with Crippen LogP contribution in [-0.4, -0.2) is 40.9 Å². The predicted molar refractivity (Wildman–Crippen MR) is 132 cm³/mol. The molecule has 1 aliphatic rings. The number of primary amides is 1. The fraction of sp³-hybridized carbons (Fsp3) is 0.393. The van der Waals surface area contributed by atoms with Crippen molar-refractivity contribution in [2.24, 2.45) is 5.73 Å². The van der Waals surface area contributed by atoms with Crippen LogP contribution < -0.4 is 5.73 Å². The zero-order valence-corrected chi connectivity index (χ0v) is 20.7. The van der Waals surface area contributed by atoms with Crippen molar-refractivity contribution >= 4 is 5.91 Å². The van der Waals surface area contributed by atoms with E-state index >= 15 is 0 Å². The molecule has 1 aromatic heterocycles. The first-order chi connectivity index (χ1) is 17.6. The van der Waals surface area contributed by atoms with Gasteiger partial charge in [0.2, 0.25) is 5.91 Å². The Morgan fingerprint density at radius 3 is 2.41 bits per heavy atom. The van der Waals surface area contributed by atoms with Crippen molar-refractivity contribution < 1.29 is 22.4 Å². The van der Waals surface area contributed by atoms with Gasteiger partial charge in [-0.2, -0.15) is 13.2 Å². The number of hydrogen-bond donors (Lipinski definition) is 1. The van der Waals surface area contributed by atoms with Gasteiger partial charge < -0.3 is 10.6 Å². The number of carbonyl (C=O) groups excluding carboxylic acids is 1. The lowest BCUT2D eigenvalue weighted by molar-refractivity contribution is -0.138. The van der Waals surface area contributed by atoms with Crippen LogP contribution >= 0.6 is 0 Å². The molecule has 1 saturated heterocycles. The minimum Gasteiger partial charge on any atom is -0.369 e. The summed E-state index contributed by atoms with van der Waals surface area (Å²) in [5.41, 5.74) is 6.91. The highest BCUT2D eigenvalue weighted by Gasteiger charge is 2.35. The number of alkyl halides is 3. The molecule has 0 unspecified atom stereocenters. The standard InChI is InChI=1S/C28H30F4N4O/c1-36-12-10-19(11-13-36)21-6-7-22(24(29)14-21)16-27-34-17-23(28(30,31)32)25(35-27)9-8-18-4-2-3-5-20(18)15-26(33)37/h2-7,14,17,19H,8-13,15-16H2,1H3,(H2,33,37). The van der Waals surface area contributed by atoms with Gasteiger partial charge in [0.15, 0.2) is 0 Å². The average molecular weight is 515 g/mol. The molecule has 1 aliphatic heterocycles. The molecule has 2 heterocycles. The van der Waals surface area contributed by atoms with Crippen LogP contribution in [-0.2, 0) is 36.7 Å². The fourth-order valence-corrected chi connectivity index (χ4v) is 4.86. The van der Waals surface area contributed by atoms with E-state index < -0.39 is 23.5 Å². The van der Waals surface area contributed by atoms with Gasteiger partial charge >= 0.3 is 6.18 Å². The van der Waals surface area contributed by atoms with Gasteiger partial charge in [0.1, 0.15) is 11.6 Å². The quantitative estimate of drug-likeness (QED) is 0.437. The number of hydrogen-bond acceptors (Lipinski definition) is 4. The van der Waals surface area contributed by atoms with E-state index in [1.807, 2.05) is 6.07 Å². The number of benzene rings is 2. The number of piperidine rings is 1. The molecular weight excluding hydrogens is 484 g/mol. The van der Waals surface area contributed by atoms with Gasteiger partial charge in [-0.3, -0.25) is 4.79 Å². The molecule has 0 bridgehead atoms. The summed E-state index contributed by atoms with van der Waals surface area (Å²) in [7, 11) is 2.07. The molecule has 2 N–H and O–H groups in total. The van der Waals surface area contributed by atoms with E-state index in [2.05, 4.69) is 21.9 Å². The van der Waals surface area contributed by atoms with Crippen molar-refractivity contribution in [3.8, 4) is 0 Å². The Morgan fingerprint density at radius 2 is 1.76 bits per heavy atom. The topological polar surface area (TPSA) is 72.1 Å². The van der Waals surface area contributed by atoms with Crippen LogP contribution in [0.1, 0.15) is 58.1 Å². The maximum atomic E-state index is 15.0. The lowest BCUT2D eigenvalue weighted by Gasteiger charge is -2.29. The minimum atomic E-state index is -4.62. The summed E-state index contributed by atoms with van der Waals surface area (Å²) in [6.07, 6.45) is -1.71. The van der Waals surface area contributed by atoms with Crippen molar-refractivity contribution in [2.45, 2.75) is 50.6 Å². The minimum absolute atomic E-state index is 0.00412. The van der Waals surface area contributed by atoms with Crippen LogP contribution in [0.25, 0.3) is 0 Å². The molecule has 37 heavy (non-hydrogen) atoms. The normalized spacial score (nSPS) is 15.2. The Balaban J connectivity index is 1.54. The molecule has 0 aliphatic carbocycles. The summed E-state index contributed by atoms with van der Waals surface area (Å²) in [4.78, 5) is 21.7. The second kappa shape index (κ2) is 11.4. The molecule has 0 radical (unpaired) electrons. The lowest BCUT2D eigenvalue weighted by Crippen LogP contribution is -2.29. The first-order valence-corrected chi connectivity index (χ1v) is 12.3. The fourth-order valence-electron chi connectivity index (χ4n) is 4.86. The molecule has 1 fully saturated rings. The van der Waals surface area contributed by atoms with E-state index in [4.69, 9.17) is 5.73 Å². The number of aryl methyl sites for hydroxylation is 2. The highest BCUT2D eigenvalue weighted by Crippen LogP contribution is 2.32. The van der Waals surface area contributed by atoms with E-state index in [0.717, 1.165) is 43.3 Å². The Hall–Kier alpha value is -3.33. The van der Waals surface area contributed by atoms with E-state index in [1.54, 1.807) is 30.3 Å². The molecule has 3 aromatic rings. The third-order valence-electron chi connectivity index (χ3n) is 6.95. The molecule has 196 valence electrons. The monoisotopic (exact) mass is 514 g/mol. The van der Waals surface area contributed by atoms with Crippen LogP contribution in [0.4, 0.5) is 17.6 Å². The van der Waals surface area contributed by atoms with Gasteiger partial charge in [0.05, 0.1) is 17.7 Å². The third kappa shape index (κ3) is 6.91. The van der Waals surface area contributed by atoms with Gasteiger partial charge in [-0.15, -0.1) is 0 Å². The molecular formula is C28H30F4N4O. The van der Waals surface area contributed by atoms with Crippen molar-refractivity contribution in [3.63, 3.8) is 0 Å². The second-order valence-corrected chi connectivity index (χ2v) is 9.66. The summed E-state index contributed by atoms with van der Waals surface area (Å²) >= 11 is 0. The number of aromatic nitrogens is 2. The molecule has 0 atom stereocenters. The average Bonchev–Trinajstić information content (AvgIpc) is 2.84. The number of nitrogens with two attached hydrogens (primary N) is 1. The smallest absolute Gasteiger partial charge is 0.369 e. The molecule has 9 heteroatoms. The number of likely N-dealkylation sites (tertiary alicyclic amines) is 1. The summed E-state index contributed by atoms with van der Waals surface area (Å²) in [6.45, 7) is 1.92. The largest absolute Gasteiger partial charge is 0.419 e. The van der Waals surface area contributed by atoms with E-state index in [9.17, 15) is 22.4 Å². The van der Waals surface area contributed by atoms with Crippen molar-refractivity contribution in [3.05, 3.63) is 93.8 Å². The van der Waals surface area contributed by atoms with Gasteiger partial charge in [-0.25, -0.2) is 14.4 Å². The first-order valence-electron chi connectivity index (χ1n) is 12.3. The van der Waals surface area contributed by atoms with Gasteiger partial charge in [-0.1, -0.05) is 36.4 Å². The van der Waals surface area contributed by atoms with Crippen LogP contribution in [0.3, 0.4) is 0 Å². The Bertz CT molecular complexity index is 1250. The molecule has 0 spiro atoms. The Kier molecular flexibility index (Phi) is 8.22. The molecule has 4 rings (SSSR count). The number of nitrogens with zero attached hydrogens (tertiary/aromatic N) is 3. The van der Waals surface area contributed by atoms with Gasteiger partial charge in [-0.05, 0) is 80.1 Å². The van der Waals surface area contributed by atoms with Crippen LogP contribution in [0.15, 0.2) is 48.7 Å². The predicted octanol–water partition coefficient (Wildman–Crippen LogP) is 4.85. The zero-order valence-electron chi connectivity index (χ0n) is 20.7.